The van der Waals surface area contributed by atoms with E-state index in [1.54, 1.807) is 0 Å². The first-order valence-corrected chi connectivity index (χ1v) is 5.24. The maximum Gasteiger partial charge on any atom is 0.123 e. The van der Waals surface area contributed by atoms with Crippen molar-refractivity contribution in [2.24, 2.45) is 5.92 Å². The summed E-state index contributed by atoms with van der Waals surface area (Å²) in [6.07, 6.45) is 2.41. The van der Waals surface area contributed by atoms with Crippen LogP contribution in [-0.4, -0.2) is 6.54 Å². The fourth-order valence-corrected chi connectivity index (χ4v) is 2.06. The van der Waals surface area contributed by atoms with Crippen molar-refractivity contribution in [3.8, 4) is 0 Å². The van der Waals surface area contributed by atoms with Crippen molar-refractivity contribution in [1.29, 1.82) is 0 Å². The molecular formula is C12H16FN. The predicted octanol–water partition coefficient (Wildman–Crippen LogP) is 2.89. The number of benzene rings is 1. The lowest BCUT2D eigenvalue weighted by molar-refractivity contribution is 0.325. The van der Waals surface area contributed by atoms with E-state index < -0.39 is 0 Å². The number of halogens is 1. The van der Waals surface area contributed by atoms with Crippen LogP contribution in [0.15, 0.2) is 24.3 Å². The summed E-state index contributed by atoms with van der Waals surface area (Å²) in [5.74, 6) is 0.615. The molecule has 1 fully saturated rings. The van der Waals surface area contributed by atoms with E-state index in [9.17, 15) is 4.39 Å². The first kappa shape index (κ1) is 9.66. The molecule has 1 aromatic rings. The van der Waals surface area contributed by atoms with Crippen LogP contribution in [0.3, 0.4) is 0 Å². The highest BCUT2D eigenvalue weighted by Gasteiger charge is 2.19. The molecule has 2 rings (SSSR count). The molecule has 1 aliphatic rings. The lowest BCUT2D eigenvalue weighted by atomic mass is 9.90. The Morgan fingerprint density at radius 1 is 1.29 bits per heavy atom. The van der Waals surface area contributed by atoms with Crippen LogP contribution >= 0.6 is 0 Å². The van der Waals surface area contributed by atoms with Gasteiger partial charge in [-0.15, -0.1) is 0 Å². The molecule has 0 spiro atoms. The Morgan fingerprint density at radius 3 is 2.64 bits per heavy atom. The fraction of sp³-hybridized carbons (Fsp3) is 0.500. The summed E-state index contributed by atoms with van der Waals surface area (Å²) in [5, 5.41) is 3.46. The summed E-state index contributed by atoms with van der Waals surface area (Å²) in [6, 6.07) is 7.25. The molecule has 0 aliphatic carbocycles. The van der Waals surface area contributed by atoms with Gasteiger partial charge in [-0.05, 0) is 43.0 Å². The highest BCUT2D eigenvalue weighted by atomic mass is 19.1. The van der Waals surface area contributed by atoms with Crippen molar-refractivity contribution in [3.05, 3.63) is 35.6 Å². The average Bonchev–Trinajstić information content (AvgIpc) is 2.19. The molecular weight excluding hydrogens is 177 g/mol. The van der Waals surface area contributed by atoms with Crippen molar-refractivity contribution >= 4 is 0 Å². The van der Waals surface area contributed by atoms with Gasteiger partial charge in [0.05, 0.1) is 0 Å². The second-order valence-electron chi connectivity index (χ2n) is 4.19. The zero-order valence-electron chi connectivity index (χ0n) is 8.46. The van der Waals surface area contributed by atoms with E-state index in [0.717, 1.165) is 18.9 Å². The topological polar surface area (TPSA) is 12.0 Å². The predicted molar refractivity (Wildman–Crippen MR) is 55.5 cm³/mol. The van der Waals surface area contributed by atoms with Crippen LogP contribution in [-0.2, 0) is 0 Å². The number of rotatable bonds is 1. The van der Waals surface area contributed by atoms with Gasteiger partial charge in [-0.3, -0.25) is 0 Å². The number of nitrogens with one attached hydrogen (secondary N) is 1. The number of piperidine rings is 1. The van der Waals surface area contributed by atoms with Gasteiger partial charge in [-0.1, -0.05) is 19.1 Å². The Labute approximate surface area is 84.3 Å². The minimum absolute atomic E-state index is 0.155. The maximum atomic E-state index is 12.7. The summed E-state index contributed by atoms with van der Waals surface area (Å²) in [4.78, 5) is 0. The Hall–Kier alpha value is -0.890. The summed E-state index contributed by atoms with van der Waals surface area (Å²) in [7, 11) is 0. The minimum Gasteiger partial charge on any atom is -0.310 e. The van der Waals surface area contributed by atoms with Gasteiger partial charge in [0, 0.05) is 6.04 Å². The van der Waals surface area contributed by atoms with Crippen LogP contribution in [0.2, 0.25) is 0 Å². The lowest BCUT2D eigenvalue weighted by Crippen LogP contribution is -2.30. The summed E-state index contributed by atoms with van der Waals surface area (Å²) in [5.41, 5.74) is 1.21. The summed E-state index contributed by atoms with van der Waals surface area (Å²) >= 11 is 0. The maximum absolute atomic E-state index is 12.7. The Balaban J connectivity index is 2.10. The molecule has 76 valence electrons. The molecule has 1 aliphatic heterocycles. The van der Waals surface area contributed by atoms with E-state index in [-0.39, 0.29) is 5.82 Å². The lowest BCUT2D eigenvalue weighted by Gasteiger charge is -2.28. The van der Waals surface area contributed by atoms with Crippen LogP contribution in [0.1, 0.15) is 31.4 Å². The number of hydrogen-bond donors (Lipinski definition) is 1. The van der Waals surface area contributed by atoms with Crippen LogP contribution in [0.5, 0.6) is 0 Å². The quantitative estimate of drug-likeness (QED) is 0.723. The largest absolute Gasteiger partial charge is 0.310 e. The van der Waals surface area contributed by atoms with Crippen molar-refractivity contribution in [2.75, 3.05) is 6.54 Å². The molecule has 0 radical (unpaired) electrons. The Kier molecular flexibility index (Phi) is 2.82. The van der Waals surface area contributed by atoms with E-state index >= 15 is 0 Å². The molecule has 1 heterocycles. The molecule has 1 nitrogen and oxygen atoms in total. The van der Waals surface area contributed by atoms with Crippen LogP contribution < -0.4 is 5.32 Å². The Morgan fingerprint density at radius 2 is 2.00 bits per heavy atom. The van der Waals surface area contributed by atoms with E-state index in [4.69, 9.17) is 0 Å². The van der Waals surface area contributed by atoms with Crippen LogP contribution in [0.25, 0.3) is 0 Å². The highest BCUT2D eigenvalue weighted by Crippen LogP contribution is 2.26. The van der Waals surface area contributed by atoms with Crippen LogP contribution in [0.4, 0.5) is 4.39 Å². The monoisotopic (exact) mass is 193 g/mol. The SMILES string of the molecule is CC1CCNC(c2ccc(F)cc2)C1. The standard InChI is InChI=1S/C12H16FN/c1-9-6-7-14-12(8-9)10-2-4-11(13)5-3-10/h2-5,9,12,14H,6-8H2,1H3. The normalized spacial score (nSPS) is 27.6. The first-order chi connectivity index (χ1) is 6.75. The third-order valence-corrected chi connectivity index (χ3v) is 2.94. The molecule has 1 aromatic carbocycles. The van der Waals surface area contributed by atoms with Crippen molar-refractivity contribution < 1.29 is 4.39 Å². The summed E-state index contributed by atoms with van der Waals surface area (Å²) in [6.45, 7) is 3.35. The number of hydrogen-bond acceptors (Lipinski definition) is 1. The highest BCUT2D eigenvalue weighted by molar-refractivity contribution is 5.20. The first-order valence-electron chi connectivity index (χ1n) is 5.24. The van der Waals surface area contributed by atoms with E-state index in [1.807, 2.05) is 12.1 Å². The van der Waals surface area contributed by atoms with Gasteiger partial charge in [-0.2, -0.15) is 0 Å². The van der Waals surface area contributed by atoms with Gasteiger partial charge in [0.25, 0.3) is 0 Å². The van der Waals surface area contributed by atoms with E-state index in [1.165, 1.54) is 24.1 Å². The van der Waals surface area contributed by atoms with Crippen molar-refractivity contribution in [2.45, 2.75) is 25.8 Å². The smallest absolute Gasteiger partial charge is 0.123 e. The zero-order chi connectivity index (χ0) is 9.97. The van der Waals surface area contributed by atoms with E-state index in [0.29, 0.717) is 6.04 Å². The second kappa shape index (κ2) is 4.09. The van der Waals surface area contributed by atoms with Crippen molar-refractivity contribution in [3.63, 3.8) is 0 Å². The molecule has 1 N–H and O–H groups in total. The van der Waals surface area contributed by atoms with Gasteiger partial charge in [0.15, 0.2) is 0 Å². The molecule has 14 heavy (non-hydrogen) atoms. The molecule has 2 unspecified atom stereocenters. The Bertz CT molecular complexity index is 294. The van der Waals surface area contributed by atoms with Gasteiger partial charge in [-0.25, -0.2) is 4.39 Å². The van der Waals surface area contributed by atoms with Gasteiger partial charge in [0.2, 0.25) is 0 Å². The van der Waals surface area contributed by atoms with Crippen LogP contribution in [0, 0.1) is 11.7 Å². The molecule has 2 atom stereocenters. The van der Waals surface area contributed by atoms with E-state index in [2.05, 4.69) is 12.2 Å². The third-order valence-electron chi connectivity index (χ3n) is 2.94. The third kappa shape index (κ3) is 2.13. The second-order valence-corrected chi connectivity index (χ2v) is 4.19. The molecule has 0 amide bonds. The van der Waals surface area contributed by atoms with Gasteiger partial charge >= 0.3 is 0 Å². The van der Waals surface area contributed by atoms with Gasteiger partial charge in [0.1, 0.15) is 5.82 Å². The molecule has 1 saturated heterocycles. The fourth-order valence-electron chi connectivity index (χ4n) is 2.06. The molecule has 0 bridgehead atoms. The molecule has 0 aromatic heterocycles. The molecule has 0 saturated carbocycles. The van der Waals surface area contributed by atoms with Crippen molar-refractivity contribution in [1.82, 2.24) is 5.32 Å². The minimum atomic E-state index is -0.155. The van der Waals surface area contributed by atoms with Gasteiger partial charge < -0.3 is 5.32 Å². The summed E-state index contributed by atoms with van der Waals surface area (Å²) < 4.78 is 12.7. The molecule has 2 heteroatoms. The zero-order valence-corrected chi connectivity index (χ0v) is 8.46. The average molecular weight is 193 g/mol.